The van der Waals surface area contributed by atoms with Crippen LogP contribution in [0.4, 0.5) is 11.4 Å². The average Bonchev–Trinajstić information content (AvgIpc) is 2.43. The van der Waals surface area contributed by atoms with Gasteiger partial charge in [-0.05, 0) is 36.8 Å². The van der Waals surface area contributed by atoms with E-state index in [0.29, 0.717) is 17.0 Å². The van der Waals surface area contributed by atoms with Gasteiger partial charge in [-0.15, -0.1) is 0 Å². The lowest BCUT2D eigenvalue weighted by Crippen LogP contribution is -2.14. The topological polar surface area (TPSA) is 64.3 Å². The van der Waals surface area contributed by atoms with Gasteiger partial charge >= 0.3 is 0 Å². The van der Waals surface area contributed by atoms with Crippen LogP contribution in [0.25, 0.3) is 0 Å². The summed E-state index contributed by atoms with van der Waals surface area (Å²) in [5, 5.41) is 2.87. The lowest BCUT2D eigenvalue weighted by molar-refractivity contribution is 0.102. The number of carbonyl (C=O) groups excluding carboxylic acids is 1. The fourth-order valence-corrected chi connectivity index (χ4v) is 2.19. The Labute approximate surface area is 126 Å². The number of rotatable bonds is 3. The predicted molar refractivity (Wildman–Crippen MR) is 84.2 cm³/mol. The first kappa shape index (κ1) is 14.4. The van der Waals surface area contributed by atoms with Crippen LogP contribution in [0.15, 0.2) is 40.9 Å². The highest BCUT2D eigenvalue weighted by Gasteiger charge is 2.14. The lowest BCUT2D eigenvalue weighted by Gasteiger charge is -2.12. The molecule has 2 rings (SSSR count). The van der Waals surface area contributed by atoms with Gasteiger partial charge in [-0.1, -0.05) is 22.0 Å². The molecule has 0 saturated heterocycles. The molecule has 0 aromatic heterocycles. The monoisotopic (exact) mass is 334 g/mol. The molecule has 5 heteroatoms. The zero-order chi connectivity index (χ0) is 14.7. The largest absolute Gasteiger partial charge is 0.496 e. The number of nitrogen functional groups attached to an aromatic ring is 1. The second-order valence-electron chi connectivity index (χ2n) is 4.33. The van der Waals surface area contributed by atoms with E-state index in [1.807, 2.05) is 25.1 Å². The fourth-order valence-electron chi connectivity index (χ4n) is 1.83. The van der Waals surface area contributed by atoms with Crippen molar-refractivity contribution in [2.45, 2.75) is 6.92 Å². The van der Waals surface area contributed by atoms with Crippen molar-refractivity contribution >= 4 is 33.2 Å². The summed E-state index contributed by atoms with van der Waals surface area (Å²) in [6, 6.07) is 10.6. The van der Waals surface area contributed by atoms with Crippen molar-refractivity contribution < 1.29 is 9.53 Å². The van der Waals surface area contributed by atoms with E-state index in [4.69, 9.17) is 10.5 Å². The highest BCUT2D eigenvalue weighted by molar-refractivity contribution is 9.10. The van der Waals surface area contributed by atoms with Gasteiger partial charge < -0.3 is 15.8 Å². The first-order valence-corrected chi connectivity index (χ1v) is 6.82. The molecule has 0 heterocycles. The normalized spacial score (nSPS) is 10.2. The number of hydrogen-bond acceptors (Lipinski definition) is 3. The van der Waals surface area contributed by atoms with Crippen molar-refractivity contribution in [3.63, 3.8) is 0 Å². The minimum absolute atomic E-state index is 0.233. The minimum Gasteiger partial charge on any atom is -0.496 e. The van der Waals surface area contributed by atoms with Crippen LogP contribution >= 0.6 is 15.9 Å². The predicted octanol–water partition coefficient (Wildman–Crippen LogP) is 3.60. The molecule has 2 aromatic rings. The second kappa shape index (κ2) is 5.96. The van der Waals surface area contributed by atoms with Crippen LogP contribution in [0.3, 0.4) is 0 Å². The van der Waals surface area contributed by atoms with E-state index < -0.39 is 0 Å². The third kappa shape index (κ3) is 2.93. The average molecular weight is 335 g/mol. The Morgan fingerprint density at radius 3 is 2.75 bits per heavy atom. The highest BCUT2D eigenvalue weighted by atomic mass is 79.9. The van der Waals surface area contributed by atoms with Crippen molar-refractivity contribution in [3.05, 3.63) is 52.0 Å². The Balaban J connectivity index is 2.31. The maximum atomic E-state index is 12.3. The Kier molecular flexibility index (Phi) is 4.29. The summed E-state index contributed by atoms with van der Waals surface area (Å²) in [4.78, 5) is 12.3. The molecule has 0 bridgehead atoms. The van der Waals surface area contributed by atoms with Gasteiger partial charge in [-0.2, -0.15) is 0 Å². The van der Waals surface area contributed by atoms with Crippen LogP contribution in [-0.2, 0) is 0 Å². The molecule has 4 nitrogen and oxygen atoms in total. The lowest BCUT2D eigenvalue weighted by atomic mass is 10.1. The summed E-state index contributed by atoms with van der Waals surface area (Å²) < 4.78 is 6.13. The third-order valence-corrected chi connectivity index (χ3v) is 3.85. The van der Waals surface area contributed by atoms with Crippen LogP contribution < -0.4 is 15.8 Å². The molecule has 0 aliphatic rings. The Morgan fingerprint density at radius 1 is 1.30 bits per heavy atom. The summed E-state index contributed by atoms with van der Waals surface area (Å²) in [6.07, 6.45) is 0. The number of carbonyl (C=O) groups is 1. The van der Waals surface area contributed by atoms with E-state index in [9.17, 15) is 4.79 Å². The Morgan fingerprint density at radius 2 is 2.05 bits per heavy atom. The second-order valence-corrected chi connectivity index (χ2v) is 5.18. The number of benzene rings is 2. The number of nitrogens with one attached hydrogen (secondary N) is 1. The first-order valence-electron chi connectivity index (χ1n) is 6.03. The molecule has 2 aromatic carbocycles. The number of anilines is 2. The van der Waals surface area contributed by atoms with Gasteiger partial charge in [-0.3, -0.25) is 4.79 Å². The number of amides is 1. The first-order chi connectivity index (χ1) is 9.52. The third-order valence-electron chi connectivity index (χ3n) is 2.99. The van der Waals surface area contributed by atoms with E-state index in [2.05, 4.69) is 21.2 Å². The highest BCUT2D eigenvalue weighted by Crippen LogP contribution is 2.26. The zero-order valence-electron chi connectivity index (χ0n) is 11.2. The van der Waals surface area contributed by atoms with Crippen molar-refractivity contribution in [3.8, 4) is 5.75 Å². The van der Waals surface area contributed by atoms with Crippen LogP contribution in [0.5, 0.6) is 5.75 Å². The summed E-state index contributed by atoms with van der Waals surface area (Å²) in [5.74, 6) is 0.221. The van der Waals surface area contributed by atoms with Crippen LogP contribution in [0, 0.1) is 6.92 Å². The summed E-state index contributed by atoms with van der Waals surface area (Å²) >= 11 is 3.44. The van der Waals surface area contributed by atoms with Gasteiger partial charge in [-0.25, -0.2) is 0 Å². The number of ether oxygens (including phenoxy) is 1. The molecule has 0 unspecified atom stereocenters. The summed E-state index contributed by atoms with van der Waals surface area (Å²) in [7, 11) is 1.51. The molecular weight excluding hydrogens is 320 g/mol. The molecule has 0 aliphatic carbocycles. The van der Waals surface area contributed by atoms with Gasteiger partial charge in [0, 0.05) is 21.9 Å². The number of methoxy groups -OCH3 is 1. The van der Waals surface area contributed by atoms with Gasteiger partial charge in [0.15, 0.2) is 0 Å². The SMILES string of the molecule is COc1cc(N)ccc1C(=O)Nc1cccc(Br)c1C. The molecule has 0 fully saturated rings. The molecule has 20 heavy (non-hydrogen) atoms. The van der Waals surface area contributed by atoms with E-state index in [0.717, 1.165) is 15.7 Å². The molecule has 3 N–H and O–H groups in total. The molecule has 0 atom stereocenters. The van der Waals surface area contributed by atoms with Crippen LogP contribution in [0.1, 0.15) is 15.9 Å². The quantitative estimate of drug-likeness (QED) is 0.843. The standard InChI is InChI=1S/C15H15BrN2O2/c1-9-12(16)4-3-5-13(9)18-15(19)11-7-6-10(17)8-14(11)20-2/h3-8H,17H2,1-2H3,(H,18,19). The van der Waals surface area contributed by atoms with E-state index in [-0.39, 0.29) is 5.91 Å². The minimum atomic E-state index is -0.233. The van der Waals surface area contributed by atoms with Crippen molar-refractivity contribution in [2.24, 2.45) is 0 Å². The molecule has 1 amide bonds. The molecular formula is C15H15BrN2O2. The Bertz CT molecular complexity index is 656. The zero-order valence-corrected chi connectivity index (χ0v) is 12.8. The molecule has 0 saturated carbocycles. The molecule has 104 valence electrons. The summed E-state index contributed by atoms with van der Waals surface area (Å²) in [6.45, 7) is 1.93. The van der Waals surface area contributed by atoms with Gasteiger partial charge in [0.05, 0.1) is 12.7 Å². The molecule has 0 radical (unpaired) electrons. The van der Waals surface area contributed by atoms with Gasteiger partial charge in [0.25, 0.3) is 5.91 Å². The van der Waals surface area contributed by atoms with Crippen LogP contribution in [0.2, 0.25) is 0 Å². The number of hydrogen-bond donors (Lipinski definition) is 2. The van der Waals surface area contributed by atoms with E-state index >= 15 is 0 Å². The van der Waals surface area contributed by atoms with Crippen molar-refractivity contribution in [1.29, 1.82) is 0 Å². The molecule has 0 aliphatic heterocycles. The maximum absolute atomic E-state index is 12.3. The summed E-state index contributed by atoms with van der Waals surface area (Å²) in [5.41, 5.74) is 8.40. The van der Waals surface area contributed by atoms with Crippen molar-refractivity contribution in [2.75, 3.05) is 18.2 Å². The molecule has 0 spiro atoms. The fraction of sp³-hybridized carbons (Fsp3) is 0.133. The van der Waals surface area contributed by atoms with Crippen LogP contribution in [-0.4, -0.2) is 13.0 Å². The van der Waals surface area contributed by atoms with Gasteiger partial charge in [0.1, 0.15) is 5.75 Å². The number of halogens is 1. The smallest absolute Gasteiger partial charge is 0.259 e. The van der Waals surface area contributed by atoms with E-state index in [1.54, 1.807) is 18.2 Å². The number of nitrogens with two attached hydrogens (primary N) is 1. The Hall–Kier alpha value is -2.01. The van der Waals surface area contributed by atoms with Crippen molar-refractivity contribution in [1.82, 2.24) is 0 Å². The van der Waals surface area contributed by atoms with Gasteiger partial charge in [0.2, 0.25) is 0 Å². The van der Waals surface area contributed by atoms with E-state index in [1.165, 1.54) is 7.11 Å². The maximum Gasteiger partial charge on any atom is 0.259 e.